The van der Waals surface area contributed by atoms with E-state index in [1.54, 1.807) is 0 Å². The highest BCUT2D eigenvalue weighted by Crippen LogP contribution is 2.63. The van der Waals surface area contributed by atoms with Crippen molar-refractivity contribution >= 4 is 11.4 Å². The molecule has 0 aliphatic heterocycles. The second kappa shape index (κ2) is 13.9. The molecule has 1 spiro atoms. The Kier molecular flexibility index (Phi) is 8.45. The van der Waals surface area contributed by atoms with Crippen LogP contribution in [0.1, 0.15) is 92.2 Å². The Morgan fingerprint density at radius 2 is 1.00 bits per heavy atom. The van der Waals surface area contributed by atoms with E-state index in [1.165, 1.54) is 98.9 Å². The highest BCUT2D eigenvalue weighted by molar-refractivity contribution is 5.96. The lowest BCUT2D eigenvalue weighted by atomic mass is 9.70. The molecular formula is C55H48N4O. The summed E-state index contributed by atoms with van der Waals surface area (Å²) in [5, 5.41) is 9.56. The van der Waals surface area contributed by atoms with Crippen molar-refractivity contribution in [2.75, 3.05) is 11.5 Å². The molecule has 4 N–H and O–H groups in total. The van der Waals surface area contributed by atoms with Crippen molar-refractivity contribution in [3.8, 4) is 67.4 Å². The molecular weight excluding hydrogens is 733 g/mol. The summed E-state index contributed by atoms with van der Waals surface area (Å²) < 4.78 is 6.80. The van der Waals surface area contributed by atoms with E-state index < -0.39 is 5.41 Å². The van der Waals surface area contributed by atoms with Gasteiger partial charge >= 0.3 is 0 Å². The van der Waals surface area contributed by atoms with E-state index in [2.05, 4.69) is 141 Å². The number of nitrogens with zero attached hydrogens (tertiary/aromatic N) is 2. The molecule has 8 aromatic rings. The van der Waals surface area contributed by atoms with Gasteiger partial charge in [0.25, 0.3) is 0 Å². The van der Waals surface area contributed by atoms with E-state index >= 15 is 0 Å². The molecule has 0 amide bonds. The van der Waals surface area contributed by atoms with Crippen LogP contribution in [0.4, 0.5) is 11.4 Å². The fraction of sp³-hybridized carbons (Fsp3) is 0.200. The average molecular weight is 781 g/mol. The molecule has 294 valence electrons. The monoisotopic (exact) mass is 780 g/mol. The number of aromatic nitrogens is 2. The second-order valence-electron chi connectivity index (χ2n) is 17.3. The van der Waals surface area contributed by atoms with Crippen LogP contribution in [0.25, 0.3) is 67.4 Å². The van der Waals surface area contributed by atoms with Gasteiger partial charge in [0, 0.05) is 27.9 Å². The first-order valence-electron chi connectivity index (χ1n) is 21.6. The van der Waals surface area contributed by atoms with Crippen LogP contribution in [0.15, 0.2) is 150 Å². The molecule has 3 aliphatic carbocycles. The zero-order chi connectivity index (χ0) is 40.6. The predicted octanol–water partition coefficient (Wildman–Crippen LogP) is 13.6. The Labute approximate surface area is 352 Å². The minimum Gasteiger partial charge on any atom is -0.416 e. The molecule has 5 heteroatoms. The van der Waals surface area contributed by atoms with Gasteiger partial charge in [-0.2, -0.15) is 0 Å². The molecule has 0 saturated carbocycles. The lowest BCUT2D eigenvalue weighted by molar-refractivity contribution is 0.481. The molecule has 5 nitrogen and oxygen atoms in total. The normalized spacial score (nSPS) is 16.0. The Balaban J connectivity index is 1.03. The zero-order valence-corrected chi connectivity index (χ0v) is 34.3. The number of rotatable bonds is 10. The topological polar surface area (TPSA) is 91.0 Å². The van der Waals surface area contributed by atoms with Gasteiger partial charge < -0.3 is 15.9 Å². The SMILES string of the molecule is CCCCCCCCC1(C)c2cc(-c3ccc(N)cc3)ccc2-c2c(-c3nnc(-c4ccc5c(c4)C4(c6ccccc6-c6ccccc64)c4ccccc4-5)o3)cc(N)cc21. The summed E-state index contributed by atoms with van der Waals surface area (Å²) in [4.78, 5) is 0. The van der Waals surface area contributed by atoms with E-state index in [0.717, 1.165) is 40.8 Å². The van der Waals surface area contributed by atoms with E-state index in [1.807, 2.05) is 18.2 Å². The lowest BCUT2D eigenvalue weighted by Gasteiger charge is -2.30. The minimum atomic E-state index is -0.456. The maximum Gasteiger partial charge on any atom is 0.248 e. The van der Waals surface area contributed by atoms with Gasteiger partial charge in [-0.25, -0.2) is 0 Å². The fourth-order valence-electron chi connectivity index (χ4n) is 11.0. The Bertz CT molecular complexity index is 2910. The molecule has 1 heterocycles. The van der Waals surface area contributed by atoms with E-state index in [-0.39, 0.29) is 5.41 Å². The van der Waals surface area contributed by atoms with Crippen LogP contribution in [-0.4, -0.2) is 10.2 Å². The van der Waals surface area contributed by atoms with E-state index in [0.29, 0.717) is 17.5 Å². The number of nitrogens with two attached hydrogens (primary N) is 2. The van der Waals surface area contributed by atoms with Gasteiger partial charge in [-0.15, -0.1) is 10.2 Å². The van der Waals surface area contributed by atoms with Crippen LogP contribution in [0.3, 0.4) is 0 Å². The lowest BCUT2D eigenvalue weighted by Crippen LogP contribution is -2.25. The third kappa shape index (κ3) is 5.31. The smallest absolute Gasteiger partial charge is 0.248 e. The summed E-state index contributed by atoms with van der Waals surface area (Å²) in [7, 11) is 0. The molecule has 1 atom stereocenters. The number of hydrogen-bond acceptors (Lipinski definition) is 5. The van der Waals surface area contributed by atoms with Crippen LogP contribution in [0.2, 0.25) is 0 Å². The number of anilines is 2. The molecule has 7 aromatic carbocycles. The van der Waals surface area contributed by atoms with Gasteiger partial charge in [0.05, 0.1) is 5.41 Å². The third-order valence-electron chi connectivity index (χ3n) is 13.8. The molecule has 11 rings (SSSR count). The van der Waals surface area contributed by atoms with Gasteiger partial charge in [0.15, 0.2) is 0 Å². The minimum absolute atomic E-state index is 0.247. The predicted molar refractivity (Wildman–Crippen MR) is 246 cm³/mol. The number of benzene rings is 7. The van der Waals surface area contributed by atoms with Crippen molar-refractivity contribution in [3.05, 3.63) is 179 Å². The summed E-state index contributed by atoms with van der Waals surface area (Å²) in [6, 6.07) is 52.6. The zero-order valence-electron chi connectivity index (χ0n) is 34.3. The molecule has 1 unspecified atom stereocenters. The fourth-order valence-corrected chi connectivity index (χ4v) is 11.0. The number of hydrogen-bond donors (Lipinski definition) is 2. The van der Waals surface area contributed by atoms with Crippen molar-refractivity contribution in [3.63, 3.8) is 0 Å². The van der Waals surface area contributed by atoms with E-state index in [4.69, 9.17) is 26.1 Å². The van der Waals surface area contributed by atoms with Crippen molar-refractivity contribution in [1.29, 1.82) is 0 Å². The molecule has 0 radical (unpaired) electrons. The molecule has 0 fully saturated rings. The van der Waals surface area contributed by atoms with Gasteiger partial charge in [0.2, 0.25) is 11.8 Å². The van der Waals surface area contributed by atoms with Crippen LogP contribution < -0.4 is 11.5 Å². The second-order valence-corrected chi connectivity index (χ2v) is 17.3. The maximum absolute atomic E-state index is 6.83. The van der Waals surface area contributed by atoms with Crippen LogP contribution in [-0.2, 0) is 10.8 Å². The third-order valence-corrected chi connectivity index (χ3v) is 13.8. The molecule has 3 aliphatic rings. The Morgan fingerprint density at radius 1 is 0.450 bits per heavy atom. The van der Waals surface area contributed by atoms with Gasteiger partial charge in [-0.1, -0.05) is 156 Å². The largest absolute Gasteiger partial charge is 0.416 e. The summed E-state index contributed by atoms with van der Waals surface area (Å²) in [5.41, 5.74) is 32.8. The number of unbranched alkanes of at least 4 members (excludes halogenated alkanes) is 5. The molecule has 0 saturated heterocycles. The summed E-state index contributed by atoms with van der Waals surface area (Å²) >= 11 is 0. The van der Waals surface area contributed by atoms with Crippen LogP contribution in [0.5, 0.6) is 0 Å². The van der Waals surface area contributed by atoms with Crippen molar-refractivity contribution < 1.29 is 4.42 Å². The summed E-state index contributed by atoms with van der Waals surface area (Å²) in [5.74, 6) is 0.961. The van der Waals surface area contributed by atoms with Gasteiger partial charge in [0.1, 0.15) is 0 Å². The first-order chi connectivity index (χ1) is 29.4. The van der Waals surface area contributed by atoms with Crippen LogP contribution >= 0.6 is 0 Å². The highest BCUT2D eigenvalue weighted by Gasteiger charge is 2.51. The summed E-state index contributed by atoms with van der Waals surface area (Å²) in [6.45, 7) is 4.67. The van der Waals surface area contributed by atoms with Crippen molar-refractivity contribution in [2.24, 2.45) is 0 Å². The Hall–Kier alpha value is -6.72. The quantitative estimate of drug-likeness (QED) is 0.107. The number of fused-ring (bicyclic) bond motifs is 13. The van der Waals surface area contributed by atoms with Gasteiger partial charge in [-0.3, -0.25) is 0 Å². The number of nitrogen functional groups attached to an aromatic ring is 2. The standard InChI is InChI=1S/C55H48N4O/c1-3-4-5-6-7-14-29-54(2)48-30-35(34-21-25-37(56)26-22-34)23-28-43(48)51-44(32-38(57)33-50(51)54)53-59-58-52(60-53)36-24-27-42-41-17-10-13-20-47(41)55(49(42)31-36)45-18-11-8-15-39(45)40-16-9-12-19-46(40)55/h8-13,15-28,30-33H,3-7,14,29,56-57H2,1-2H3. The van der Waals surface area contributed by atoms with Gasteiger partial charge in [-0.05, 0) is 127 Å². The first-order valence-corrected chi connectivity index (χ1v) is 21.6. The first kappa shape index (κ1) is 36.4. The van der Waals surface area contributed by atoms with Crippen molar-refractivity contribution in [1.82, 2.24) is 10.2 Å². The van der Waals surface area contributed by atoms with Crippen LogP contribution in [0, 0.1) is 0 Å². The Morgan fingerprint density at radius 3 is 1.68 bits per heavy atom. The average Bonchev–Trinajstić information content (AvgIpc) is 4.02. The summed E-state index contributed by atoms with van der Waals surface area (Å²) in [6.07, 6.45) is 8.46. The molecule has 60 heavy (non-hydrogen) atoms. The molecule has 1 aromatic heterocycles. The maximum atomic E-state index is 6.83. The van der Waals surface area contributed by atoms with E-state index in [9.17, 15) is 0 Å². The highest BCUT2D eigenvalue weighted by atomic mass is 16.4. The molecule has 0 bridgehead atoms. The van der Waals surface area contributed by atoms with Crippen molar-refractivity contribution in [2.45, 2.75) is 69.6 Å².